The molecule has 1 amide bonds. The summed E-state index contributed by atoms with van der Waals surface area (Å²) < 4.78 is 12.0. The lowest BCUT2D eigenvalue weighted by Crippen LogP contribution is -2.36. The highest BCUT2D eigenvalue weighted by Gasteiger charge is 2.47. The Morgan fingerprint density at radius 1 is 1.29 bits per heavy atom. The van der Waals surface area contributed by atoms with Crippen molar-refractivity contribution in [3.8, 4) is 5.75 Å². The number of carbonyl (C=O) groups is 1. The number of pyridine rings is 1. The van der Waals surface area contributed by atoms with Crippen LogP contribution in [0.3, 0.4) is 0 Å². The van der Waals surface area contributed by atoms with E-state index in [2.05, 4.69) is 15.2 Å². The summed E-state index contributed by atoms with van der Waals surface area (Å²) in [6.45, 7) is 1.80. The zero-order valence-electron chi connectivity index (χ0n) is 13.2. The van der Waals surface area contributed by atoms with Gasteiger partial charge in [-0.25, -0.2) is 0 Å². The van der Waals surface area contributed by atoms with Gasteiger partial charge in [-0.3, -0.25) is 9.78 Å². The van der Waals surface area contributed by atoms with Crippen LogP contribution in [0.4, 0.5) is 0 Å². The zero-order chi connectivity index (χ0) is 16.4. The van der Waals surface area contributed by atoms with Gasteiger partial charge in [0.2, 0.25) is 0 Å². The molecule has 4 rings (SSSR count). The second kappa shape index (κ2) is 6.16. The van der Waals surface area contributed by atoms with Gasteiger partial charge in [0.05, 0.1) is 42.9 Å². The molecule has 7 heteroatoms. The molecular weight excluding hydrogens is 308 g/mol. The first-order valence-electron chi connectivity index (χ1n) is 8.01. The van der Waals surface area contributed by atoms with Gasteiger partial charge in [0.1, 0.15) is 11.9 Å². The van der Waals surface area contributed by atoms with Crippen LogP contribution in [0.15, 0.2) is 43.0 Å². The molecule has 0 saturated carbocycles. The predicted molar refractivity (Wildman–Crippen MR) is 84.5 cm³/mol. The van der Waals surface area contributed by atoms with Crippen LogP contribution in [0.5, 0.6) is 5.75 Å². The van der Waals surface area contributed by atoms with Crippen molar-refractivity contribution < 1.29 is 14.3 Å². The van der Waals surface area contributed by atoms with Gasteiger partial charge < -0.3 is 14.4 Å². The fourth-order valence-electron chi connectivity index (χ4n) is 3.39. The number of ether oxygens (including phenoxy) is 2. The number of aromatic nitrogens is 3. The summed E-state index contributed by atoms with van der Waals surface area (Å²) in [5, 5.41) is 7.48. The topological polar surface area (TPSA) is 77.4 Å². The summed E-state index contributed by atoms with van der Waals surface area (Å²) in [5.41, 5.74) is 0.256. The van der Waals surface area contributed by atoms with Crippen molar-refractivity contribution in [2.24, 2.45) is 0 Å². The lowest BCUT2D eigenvalue weighted by atomic mass is 9.98. The van der Waals surface area contributed by atoms with E-state index in [-0.39, 0.29) is 17.6 Å². The van der Waals surface area contributed by atoms with Gasteiger partial charge in [-0.15, -0.1) is 0 Å². The molecule has 2 aliphatic heterocycles. The molecule has 2 saturated heterocycles. The molecule has 2 atom stereocenters. The van der Waals surface area contributed by atoms with E-state index in [0.717, 1.165) is 18.6 Å². The number of amides is 1. The molecule has 24 heavy (non-hydrogen) atoms. The van der Waals surface area contributed by atoms with E-state index in [0.29, 0.717) is 25.3 Å². The molecule has 0 radical (unpaired) electrons. The quantitative estimate of drug-likeness (QED) is 0.847. The largest absolute Gasteiger partial charge is 0.486 e. The van der Waals surface area contributed by atoms with Crippen molar-refractivity contribution in [1.82, 2.24) is 20.1 Å². The van der Waals surface area contributed by atoms with E-state index in [1.807, 2.05) is 17.0 Å². The summed E-state index contributed by atoms with van der Waals surface area (Å²) in [5.74, 6) is 0.721. The van der Waals surface area contributed by atoms with Gasteiger partial charge >= 0.3 is 0 Å². The Hall–Kier alpha value is -2.54. The van der Waals surface area contributed by atoms with Crippen LogP contribution in [-0.4, -0.2) is 57.4 Å². The predicted octanol–water partition coefficient (Wildman–Crippen LogP) is 1.32. The van der Waals surface area contributed by atoms with Crippen molar-refractivity contribution in [3.63, 3.8) is 0 Å². The van der Waals surface area contributed by atoms with E-state index >= 15 is 0 Å². The van der Waals surface area contributed by atoms with E-state index < -0.39 is 0 Å². The molecule has 0 bridgehead atoms. The Morgan fingerprint density at radius 3 is 3.04 bits per heavy atom. The summed E-state index contributed by atoms with van der Waals surface area (Å²) in [6.07, 6.45) is 8.04. The second-order valence-electron chi connectivity index (χ2n) is 6.23. The van der Waals surface area contributed by atoms with Crippen molar-refractivity contribution in [1.29, 1.82) is 0 Å². The number of hydrogen-bond acceptors (Lipinski definition) is 6. The molecule has 2 aromatic heterocycles. The highest BCUT2D eigenvalue weighted by molar-refractivity contribution is 5.94. The molecule has 2 aliphatic rings. The maximum absolute atomic E-state index is 12.5. The molecular formula is C17H18N4O3. The van der Waals surface area contributed by atoms with Gasteiger partial charge in [0.15, 0.2) is 0 Å². The number of nitrogens with zero attached hydrogens (tertiary/aromatic N) is 4. The molecule has 2 aromatic rings. The molecule has 0 N–H and O–H groups in total. The third kappa shape index (κ3) is 2.94. The third-order valence-electron chi connectivity index (χ3n) is 4.55. The summed E-state index contributed by atoms with van der Waals surface area (Å²) >= 11 is 0. The van der Waals surface area contributed by atoms with Crippen molar-refractivity contribution in [2.45, 2.75) is 24.5 Å². The van der Waals surface area contributed by atoms with E-state index in [1.165, 1.54) is 12.4 Å². The van der Waals surface area contributed by atoms with Crippen LogP contribution in [0.2, 0.25) is 0 Å². The molecule has 1 spiro atoms. The van der Waals surface area contributed by atoms with Gasteiger partial charge in [-0.1, -0.05) is 0 Å². The van der Waals surface area contributed by atoms with Gasteiger partial charge in [0.25, 0.3) is 5.91 Å². The van der Waals surface area contributed by atoms with Gasteiger partial charge in [0, 0.05) is 19.2 Å². The molecule has 124 valence electrons. The third-order valence-corrected chi connectivity index (χ3v) is 4.55. The second-order valence-corrected chi connectivity index (χ2v) is 6.23. The van der Waals surface area contributed by atoms with E-state index in [1.54, 1.807) is 18.5 Å². The van der Waals surface area contributed by atoms with Crippen LogP contribution in [0.1, 0.15) is 23.2 Å². The van der Waals surface area contributed by atoms with Crippen molar-refractivity contribution in [3.05, 3.63) is 48.5 Å². The SMILES string of the molecule is O=C(c1ccnnc1)N1CC[C@]2(C[C@H](Oc3cccnc3)CO2)C1. The Morgan fingerprint density at radius 2 is 2.25 bits per heavy atom. The maximum Gasteiger partial charge on any atom is 0.255 e. The van der Waals surface area contributed by atoms with Crippen LogP contribution in [0.25, 0.3) is 0 Å². The Balaban J connectivity index is 1.39. The average molecular weight is 326 g/mol. The van der Waals surface area contributed by atoms with Crippen LogP contribution in [0, 0.1) is 0 Å². The van der Waals surface area contributed by atoms with Crippen LogP contribution in [-0.2, 0) is 4.74 Å². The van der Waals surface area contributed by atoms with E-state index in [4.69, 9.17) is 9.47 Å². The molecule has 0 aromatic carbocycles. The molecule has 2 fully saturated rings. The molecule has 0 aliphatic carbocycles. The van der Waals surface area contributed by atoms with E-state index in [9.17, 15) is 4.79 Å². The number of rotatable bonds is 3. The molecule has 0 unspecified atom stereocenters. The zero-order valence-corrected chi connectivity index (χ0v) is 13.2. The highest BCUT2D eigenvalue weighted by atomic mass is 16.6. The Kier molecular flexibility index (Phi) is 3.86. The lowest BCUT2D eigenvalue weighted by Gasteiger charge is -2.23. The lowest BCUT2D eigenvalue weighted by molar-refractivity contribution is 0.00994. The van der Waals surface area contributed by atoms with Gasteiger partial charge in [-0.05, 0) is 24.6 Å². The highest BCUT2D eigenvalue weighted by Crippen LogP contribution is 2.37. The van der Waals surface area contributed by atoms with Crippen molar-refractivity contribution in [2.75, 3.05) is 19.7 Å². The Bertz CT molecular complexity index is 712. The summed E-state index contributed by atoms with van der Waals surface area (Å²) in [6, 6.07) is 5.42. The van der Waals surface area contributed by atoms with Gasteiger partial charge in [-0.2, -0.15) is 10.2 Å². The van der Waals surface area contributed by atoms with Crippen LogP contribution >= 0.6 is 0 Å². The summed E-state index contributed by atoms with van der Waals surface area (Å²) in [4.78, 5) is 18.4. The standard InChI is InChI=1S/C17H18N4O3/c22-16(13-3-6-19-20-9-13)21-7-4-17(12-21)8-15(11-23-17)24-14-2-1-5-18-10-14/h1-3,5-6,9-10,15H,4,7-8,11-12H2/t15-,17-/m0/s1. The number of hydrogen-bond donors (Lipinski definition) is 0. The number of likely N-dealkylation sites (tertiary alicyclic amines) is 1. The monoisotopic (exact) mass is 326 g/mol. The fourth-order valence-corrected chi connectivity index (χ4v) is 3.39. The molecule has 4 heterocycles. The minimum atomic E-state index is -0.303. The van der Waals surface area contributed by atoms with Crippen LogP contribution < -0.4 is 4.74 Å². The Labute approximate surface area is 139 Å². The first-order chi connectivity index (χ1) is 11.7. The minimum Gasteiger partial charge on any atom is -0.486 e. The normalized spacial score (nSPS) is 26.0. The van der Waals surface area contributed by atoms with Crippen molar-refractivity contribution >= 4 is 5.91 Å². The average Bonchev–Trinajstić information content (AvgIpc) is 3.23. The number of carbonyl (C=O) groups excluding carboxylic acids is 1. The first kappa shape index (κ1) is 15.0. The smallest absolute Gasteiger partial charge is 0.255 e. The minimum absolute atomic E-state index is 0.00755. The fraction of sp³-hybridized carbons (Fsp3) is 0.412. The molecule has 7 nitrogen and oxygen atoms in total. The maximum atomic E-state index is 12.5. The summed E-state index contributed by atoms with van der Waals surface area (Å²) in [7, 11) is 0. The first-order valence-corrected chi connectivity index (χ1v) is 8.01.